The van der Waals surface area contributed by atoms with Gasteiger partial charge in [-0.2, -0.15) is 0 Å². The quantitative estimate of drug-likeness (QED) is 0.580. The molecule has 0 aromatic heterocycles. The van der Waals surface area contributed by atoms with Gasteiger partial charge >= 0.3 is 5.97 Å². The molecule has 0 bridgehead atoms. The SMILES string of the molecule is CCCNC(C)(CCOCCC(C)C)C(=O)O. The van der Waals surface area contributed by atoms with Gasteiger partial charge in [0.1, 0.15) is 5.54 Å². The molecule has 0 saturated heterocycles. The highest BCUT2D eigenvalue weighted by Gasteiger charge is 2.31. The fraction of sp³-hybridized carbons (Fsp3) is 0.923. The Morgan fingerprint density at radius 2 is 2.06 bits per heavy atom. The van der Waals surface area contributed by atoms with Gasteiger partial charge in [-0.1, -0.05) is 20.8 Å². The summed E-state index contributed by atoms with van der Waals surface area (Å²) in [5, 5.41) is 12.3. The van der Waals surface area contributed by atoms with Crippen LogP contribution in [0.1, 0.15) is 47.0 Å². The molecule has 0 fully saturated rings. The molecule has 2 N–H and O–H groups in total. The highest BCUT2D eigenvalue weighted by atomic mass is 16.5. The summed E-state index contributed by atoms with van der Waals surface area (Å²) >= 11 is 0. The van der Waals surface area contributed by atoms with Gasteiger partial charge < -0.3 is 15.2 Å². The lowest BCUT2D eigenvalue weighted by Gasteiger charge is -2.26. The summed E-state index contributed by atoms with van der Waals surface area (Å²) in [6, 6.07) is 0. The fourth-order valence-electron chi connectivity index (χ4n) is 1.37. The molecule has 4 heteroatoms. The van der Waals surface area contributed by atoms with Crippen LogP contribution >= 0.6 is 0 Å². The third kappa shape index (κ3) is 7.34. The molecular formula is C13H27NO3. The second-order valence-electron chi connectivity index (χ2n) is 5.11. The topological polar surface area (TPSA) is 58.6 Å². The third-order valence-electron chi connectivity index (χ3n) is 2.82. The van der Waals surface area contributed by atoms with E-state index in [0.717, 1.165) is 19.4 Å². The van der Waals surface area contributed by atoms with Gasteiger partial charge in [-0.05, 0) is 38.6 Å². The van der Waals surface area contributed by atoms with Crippen molar-refractivity contribution in [1.82, 2.24) is 5.32 Å². The zero-order valence-corrected chi connectivity index (χ0v) is 11.6. The minimum absolute atomic E-state index is 0.492. The number of ether oxygens (including phenoxy) is 1. The Balaban J connectivity index is 3.88. The van der Waals surface area contributed by atoms with Crippen LogP contribution in [0.5, 0.6) is 0 Å². The van der Waals surface area contributed by atoms with Crippen molar-refractivity contribution in [1.29, 1.82) is 0 Å². The normalized spacial score (nSPS) is 14.9. The first kappa shape index (κ1) is 16.4. The summed E-state index contributed by atoms with van der Waals surface area (Å²) < 4.78 is 5.47. The molecule has 102 valence electrons. The molecule has 0 spiro atoms. The third-order valence-corrected chi connectivity index (χ3v) is 2.82. The van der Waals surface area contributed by atoms with Gasteiger partial charge in [0.2, 0.25) is 0 Å². The number of carbonyl (C=O) groups is 1. The van der Waals surface area contributed by atoms with E-state index in [0.29, 0.717) is 25.6 Å². The number of hydrogen-bond acceptors (Lipinski definition) is 3. The number of rotatable bonds is 10. The van der Waals surface area contributed by atoms with Gasteiger partial charge in [0, 0.05) is 13.2 Å². The van der Waals surface area contributed by atoms with Gasteiger partial charge in [0.15, 0.2) is 0 Å². The average Bonchev–Trinajstić information content (AvgIpc) is 2.25. The monoisotopic (exact) mass is 245 g/mol. The largest absolute Gasteiger partial charge is 0.480 e. The Hall–Kier alpha value is -0.610. The van der Waals surface area contributed by atoms with Crippen molar-refractivity contribution in [3.8, 4) is 0 Å². The van der Waals surface area contributed by atoms with Crippen molar-refractivity contribution >= 4 is 5.97 Å². The van der Waals surface area contributed by atoms with Crippen molar-refractivity contribution in [3.05, 3.63) is 0 Å². The summed E-state index contributed by atoms with van der Waals surface area (Å²) in [6.07, 6.45) is 2.45. The van der Waals surface area contributed by atoms with Crippen LogP contribution in [-0.2, 0) is 9.53 Å². The van der Waals surface area contributed by atoms with Crippen LogP contribution in [-0.4, -0.2) is 36.4 Å². The smallest absolute Gasteiger partial charge is 0.323 e. The lowest BCUT2D eigenvalue weighted by atomic mass is 9.98. The summed E-state index contributed by atoms with van der Waals surface area (Å²) in [6.45, 7) is 9.95. The van der Waals surface area contributed by atoms with E-state index in [-0.39, 0.29) is 0 Å². The molecule has 0 aromatic rings. The molecule has 0 saturated carbocycles. The predicted octanol–water partition coefficient (Wildman–Crippen LogP) is 2.28. The molecule has 0 aliphatic carbocycles. The lowest BCUT2D eigenvalue weighted by molar-refractivity contribution is -0.145. The van der Waals surface area contributed by atoms with Crippen molar-refractivity contribution < 1.29 is 14.6 Å². The molecule has 0 aromatic carbocycles. The number of aliphatic carboxylic acids is 1. The number of nitrogens with one attached hydrogen (secondary N) is 1. The summed E-state index contributed by atoms with van der Waals surface area (Å²) in [5.74, 6) is -0.183. The molecule has 4 nitrogen and oxygen atoms in total. The van der Waals surface area contributed by atoms with E-state index in [4.69, 9.17) is 4.74 Å². The molecule has 1 atom stereocenters. The van der Waals surface area contributed by atoms with Crippen molar-refractivity contribution in [2.24, 2.45) is 5.92 Å². The average molecular weight is 245 g/mol. The van der Waals surface area contributed by atoms with Crippen LogP contribution in [0.3, 0.4) is 0 Å². The van der Waals surface area contributed by atoms with Crippen LogP contribution in [0, 0.1) is 5.92 Å². The van der Waals surface area contributed by atoms with E-state index in [1.807, 2.05) is 6.92 Å². The number of carboxylic acid groups (broad SMARTS) is 1. The standard InChI is InChI=1S/C13H27NO3/c1-5-8-14-13(4,12(15)16)7-10-17-9-6-11(2)3/h11,14H,5-10H2,1-4H3,(H,15,16). The zero-order chi connectivity index (χ0) is 13.3. The molecule has 0 heterocycles. The van der Waals surface area contributed by atoms with Crippen molar-refractivity contribution in [3.63, 3.8) is 0 Å². The predicted molar refractivity (Wildman–Crippen MR) is 69.2 cm³/mol. The summed E-state index contributed by atoms with van der Waals surface area (Å²) in [4.78, 5) is 11.2. The van der Waals surface area contributed by atoms with E-state index < -0.39 is 11.5 Å². The Morgan fingerprint density at radius 3 is 2.53 bits per heavy atom. The van der Waals surface area contributed by atoms with Gasteiger partial charge in [-0.15, -0.1) is 0 Å². The van der Waals surface area contributed by atoms with Crippen LogP contribution in [0.15, 0.2) is 0 Å². The van der Waals surface area contributed by atoms with E-state index in [9.17, 15) is 9.90 Å². The minimum atomic E-state index is -0.867. The van der Waals surface area contributed by atoms with Crippen LogP contribution < -0.4 is 5.32 Å². The molecule has 17 heavy (non-hydrogen) atoms. The highest BCUT2D eigenvalue weighted by Crippen LogP contribution is 2.11. The molecule has 1 unspecified atom stereocenters. The minimum Gasteiger partial charge on any atom is -0.480 e. The Kier molecular flexibility index (Phi) is 8.17. The maximum atomic E-state index is 11.2. The Labute approximate surface area is 105 Å². The van der Waals surface area contributed by atoms with E-state index in [2.05, 4.69) is 19.2 Å². The Morgan fingerprint density at radius 1 is 1.41 bits per heavy atom. The van der Waals surface area contributed by atoms with Crippen molar-refractivity contribution in [2.75, 3.05) is 19.8 Å². The van der Waals surface area contributed by atoms with E-state index >= 15 is 0 Å². The molecule has 0 rings (SSSR count). The first-order chi connectivity index (χ1) is 7.92. The molecule has 0 aliphatic heterocycles. The van der Waals surface area contributed by atoms with Gasteiger partial charge in [-0.25, -0.2) is 0 Å². The van der Waals surface area contributed by atoms with E-state index in [1.165, 1.54) is 0 Å². The first-order valence-corrected chi connectivity index (χ1v) is 6.48. The van der Waals surface area contributed by atoms with Gasteiger partial charge in [-0.3, -0.25) is 4.79 Å². The fourth-order valence-corrected chi connectivity index (χ4v) is 1.37. The van der Waals surface area contributed by atoms with Crippen molar-refractivity contribution in [2.45, 2.75) is 52.5 Å². The van der Waals surface area contributed by atoms with Gasteiger partial charge in [0.05, 0.1) is 0 Å². The molecule has 0 amide bonds. The number of carboxylic acids is 1. The first-order valence-electron chi connectivity index (χ1n) is 6.48. The molecular weight excluding hydrogens is 218 g/mol. The Bertz CT molecular complexity index is 219. The maximum absolute atomic E-state index is 11.2. The van der Waals surface area contributed by atoms with Crippen LogP contribution in [0.25, 0.3) is 0 Å². The number of hydrogen-bond donors (Lipinski definition) is 2. The summed E-state index contributed by atoms with van der Waals surface area (Å²) in [5.41, 5.74) is -0.867. The molecule has 0 aliphatic rings. The second kappa shape index (κ2) is 8.48. The van der Waals surface area contributed by atoms with Crippen LogP contribution in [0.4, 0.5) is 0 Å². The second-order valence-corrected chi connectivity index (χ2v) is 5.11. The summed E-state index contributed by atoms with van der Waals surface area (Å²) in [7, 11) is 0. The molecule has 0 radical (unpaired) electrons. The van der Waals surface area contributed by atoms with Crippen LogP contribution in [0.2, 0.25) is 0 Å². The maximum Gasteiger partial charge on any atom is 0.323 e. The zero-order valence-electron chi connectivity index (χ0n) is 11.6. The van der Waals surface area contributed by atoms with E-state index in [1.54, 1.807) is 6.92 Å². The lowest BCUT2D eigenvalue weighted by Crippen LogP contribution is -2.50. The highest BCUT2D eigenvalue weighted by molar-refractivity contribution is 5.78. The van der Waals surface area contributed by atoms with Gasteiger partial charge in [0.25, 0.3) is 0 Å².